The van der Waals surface area contributed by atoms with Gasteiger partial charge in [0.05, 0.1) is 23.3 Å². The molecule has 11 heteroatoms. The number of oxime groups is 1. The van der Waals surface area contributed by atoms with Crippen LogP contribution in [-0.2, 0) is 0 Å². The molecule has 0 spiro atoms. The molecule has 4 rings (SSSR count). The Morgan fingerprint density at radius 3 is 2.71 bits per heavy atom. The van der Waals surface area contributed by atoms with Crippen molar-refractivity contribution in [1.29, 1.82) is 0 Å². The molecule has 1 aromatic carbocycles. The molecular weight excluding hydrogens is 468 g/mol. The van der Waals surface area contributed by atoms with E-state index in [0.717, 1.165) is 12.3 Å². The molecule has 8 nitrogen and oxygen atoms in total. The molecule has 3 aromatic heterocycles. The Hall–Kier alpha value is -4.05. The molecule has 0 unspecified atom stereocenters. The predicted octanol–water partition coefficient (Wildman–Crippen LogP) is 4.76. The fourth-order valence-electron chi connectivity index (χ4n) is 3.62. The van der Waals surface area contributed by atoms with Gasteiger partial charge in [-0.3, -0.25) is 9.78 Å². The van der Waals surface area contributed by atoms with Gasteiger partial charge >= 0.3 is 0 Å². The highest BCUT2D eigenvalue weighted by atomic mass is 35.5. The quantitative estimate of drug-likeness (QED) is 0.122. The van der Waals surface area contributed by atoms with Crippen molar-refractivity contribution in [2.45, 2.75) is 19.9 Å². The third-order valence-electron chi connectivity index (χ3n) is 5.23. The molecule has 3 heterocycles. The number of hydrogen-bond donors (Lipinski definition) is 3. The third kappa shape index (κ3) is 4.27. The van der Waals surface area contributed by atoms with Crippen molar-refractivity contribution >= 4 is 34.1 Å². The van der Waals surface area contributed by atoms with Gasteiger partial charge < -0.3 is 20.7 Å². The lowest BCUT2D eigenvalue weighted by Crippen LogP contribution is -2.19. The van der Waals surface area contributed by atoms with Crippen molar-refractivity contribution in [2.24, 2.45) is 10.9 Å². The SMILES string of the molecule is Cc1c(-c2cncc(F)c2)oc2c([C@@H](C)Nc3ccc(Cl)nc3/C(N)=N/O)cc(F)cc2c1=O. The van der Waals surface area contributed by atoms with Gasteiger partial charge in [0.25, 0.3) is 0 Å². The maximum Gasteiger partial charge on any atom is 0.196 e. The van der Waals surface area contributed by atoms with Crippen molar-refractivity contribution in [3.63, 3.8) is 0 Å². The fourth-order valence-corrected chi connectivity index (χ4v) is 3.77. The van der Waals surface area contributed by atoms with Crippen molar-refractivity contribution in [1.82, 2.24) is 9.97 Å². The zero-order valence-electron chi connectivity index (χ0n) is 17.9. The van der Waals surface area contributed by atoms with E-state index < -0.39 is 23.1 Å². The minimum Gasteiger partial charge on any atom is -0.455 e. The molecule has 4 aromatic rings. The van der Waals surface area contributed by atoms with Crippen molar-refractivity contribution < 1.29 is 18.4 Å². The van der Waals surface area contributed by atoms with E-state index in [1.807, 2.05) is 0 Å². The first-order valence-electron chi connectivity index (χ1n) is 9.98. The second-order valence-electron chi connectivity index (χ2n) is 7.53. The summed E-state index contributed by atoms with van der Waals surface area (Å²) in [5.41, 5.74) is 6.54. The molecule has 0 aliphatic rings. The summed E-state index contributed by atoms with van der Waals surface area (Å²) in [6, 6.07) is 5.91. The summed E-state index contributed by atoms with van der Waals surface area (Å²) in [4.78, 5) is 20.9. The first kappa shape index (κ1) is 23.1. The van der Waals surface area contributed by atoms with Crippen LogP contribution in [0.15, 0.2) is 57.1 Å². The molecule has 4 N–H and O–H groups in total. The van der Waals surface area contributed by atoms with E-state index >= 15 is 0 Å². The van der Waals surface area contributed by atoms with Crippen LogP contribution >= 0.6 is 11.6 Å². The number of rotatable bonds is 5. The van der Waals surface area contributed by atoms with E-state index in [1.165, 1.54) is 31.3 Å². The highest BCUT2D eigenvalue weighted by Gasteiger charge is 2.21. The van der Waals surface area contributed by atoms with Gasteiger partial charge in [-0.1, -0.05) is 16.8 Å². The molecule has 0 saturated heterocycles. The summed E-state index contributed by atoms with van der Waals surface area (Å²) in [5, 5.41) is 15.3. The molecule has 0 amide bonds. The maximum atomic E-state index is 14.5. The van der Waals surface area contributed by atoms with Crippen molar-refractivity contribution in [2.75, 3.05) is 5.32 Å². The molecule has 0 bridgehead atoms. The van der Waals surface area contributed by atoms with Crippen LogP contribution in [0.3, 0.4) is 0 Å². The molecule has 0 fully saturated rings. The Kier molecular flexibility index (Phi) is 6.16. The van der Waals surface area contributed by atoms with Crippen LogP contribution in [0.5, 0.6) is 0 Å². The number of anilines is 1. The van der Waals surface area contributed by atoms with Crippen LogP contribution in [-0.4, -0.2) is 21.0 Å². The van der Waals surface area contributed by atoms with Crippen molar-refractivity contribution in [3.05, 3.63) is 86.6 Å². The zero-order valence-corrected chi connectivity index (χ0v) is 18.7. The number of nitrogens with one attached hydrogen (secondary N) is 1. The lowest BCUT2D eigenvalue weighted by atomic mass is 10.0. The van der Waals surface area contributed by atoms with E-state index in [9.17, 15) is 13.6 Å². The number of hydrogen-bond acceptors (Lipinski definition) is 7. The Balaban J connectivity index is 1.89. The summed E-state index contributed by atoms with van der Waals surface area (Å²) < 4.78 is 34.3. The van der Waals surface area contributed by atoms with E-state index in [4.69, 9.17) is 27.0 Å². The molecule has 0 saturated carbocycles. The Morgan fingerprint density at radius 1 is 1.24 bits per heavy atom. The normalized spacial score (nSPS) is 12.7. The monoisotopic (exact) mass is 485 g/mol. The molecule has 1 atom stereocenters. The van der Waals surface area contributed by atoms with Gasteiger partial charge in [0.15, 0.2) is 11.3 Å². The second-order valence-corrected chi connectivity index (χ2v) is 7.92. The number of nitrogens with zero attached hydrogens (tertiary/aromatic N) is 3. The van der Waals surface area contributed by atoms with Crippen LogP contribution in [0.25, 0.3) is 22.3 Å². The molecule has 0 aliphatic heterocycles. The fraction of sp³-hybridized carbons (Fsp3) is 0.130. The van der Waals surface area contributed by atoms with Crippen LogP contribution in [0.1, 0.15) is 29.8 Å². The van der Waals surface area contributed by atoms with E-state index in [1.54, 1.807) is 13.0 Å². The van der Waals surface area contributed by atoms with Gasteiger partial charge in [0, 0.05) is 22.9 Å². The van der Waals surface area contributed by atoms with E-state index in [0.29, 0.717) is 11.3 Å². The summed E-state index contributed by atoms with van der Waals surface area (Å²) >= 11 is 5.93. The number of aromatic nitrogens is 2. The van der Waals surface area contributed by atoms with Gasteiger partial charge in [-0.05, 0) is 44.2 Å². The number of halogens is 3. The van der Waals surface area contributed by atoms with Gasteiger partial charge in [-0.25, -0.2) is 13.8 Å². The summed E-state index contributed by atoms with van der Waals surface area (Å²) in [7, 11) is 0. The summed E-state index contributed by atoms with van der Waals surface area (Å²) in [5.74, 6) is -1.41. The number of nitrogens with two attached hydrogens (primary N) is 1. The average Bonchev–Trinajstić information content (AvgIpc) is 2.81. The number of pyridine rings is 2. The van der Waals surface area contributed by atoms with E-state index in [-0.39, 0.29) is 44.5 Å². The summed E-state index contributed by atoms with van der Waals surface area (Å²) in [6.45, 7) is 3.21. The Bertz CT molecular complexity index is 1510. The van der Waals surface area contributed by atoms with Crippen LogP contribution < -0.4 is 16.5 Å². The van der Waals surface area contributed by atoms with E-state index in [2.05, 4.69) is 20.4 Å². The topological polar surface area (TPSA) is 127 Å². The maximum absolute atomic E-state index is 14.5. The van der Waals surface area contributed by atoms with Gasteiger partial charge in [-0.2, -0.15) is 0 Å². The molecule has 174 valence electrons. The second kappa shape index (κ2) is 9.06. The van der Waals surface area contributed by atoms with Crippen LogP contribution in [0, 0.1) is 18.6 Å². The Labute approximate surface area is 196 Å². The minimum absolute atomic E-state index is 0.0279. The largest absolute Gasteiger partial charge is 0.455 e. The Morgan fingerprint density at radius 2 is 2.00 bits per heavy atom. The highest BCUT2D eigenvalue weighted by Crippen LogP contribution is 2.32. The number of amidine groups is 1. The highest BCUT2D eigenvalue weighted by molar-refractivity contribution is 6.29. The van der Waals surface area contributed by atoms with Crippen LogP contribution in [0.4, 0.5) is 14.5 Å². The third-order valence-corrected chi connectivity index (χ3v) is 5.44. The summed E-state index contributed by atoms with van der Waals surface area (Å²) in [6.07, 6.45) is 2.40. The van der Waals surface area contributed by atoms with Gasteiger partial charge in [-0.15, -0.1) is 0 Å². The lowest BCUT2D eigenvalue weighted by molar-refractivity contribution is 0.318. The molecule has 0 radical (unpaired) electrons. The van der Waals surface area contributed by atoms with Crippen LogP contribution in [0.2, 0.25) is 5.15 Å². The van der Waals surface area contributed by atoms with Crippen molar-refractivity contribution in [3.8, 4) is 11.3 Å². The minimum atomic E-state index is -0.645. The molecule has 34 heavy (non-hydrogen) atoms. The number of benzene rings is 1. The lowest BCUT2D eigenvalue weighted by Gasteiger charge is -2.19. The predicted molar refractivity (Wildman–Crippen MR) is 124 cm³/mol. The average molecular weight is 486 g/mol. The molecule has 0 aliphatic carbocycles. The number of fused-ring (bicyclic) bond motifs is 1. The van der Waals surface area contributed by atoms with Gasteiger partial charge in [0.2, 0.25) is 0 Å². The zero-order chi connectivity index (χ0) is 24.6. The first-order chi connectivity index (χ1) is 16.2. The first-order valence-corrected chi connectivity index (χ1v) is 10.4. The smallest absolute Gasteiger partial charge is 0.196 e. The molecular formula is C23H18ClF2N5O3. The van der Waals surface area contributed by atoms with Gasteiger partial charge in [0.1, 0.15) is 33.8 Å². The standard InChI is InChI=1S/C23H18ClF2N5O3/c1-10-20(32)16-7-13(25)6-15(22(16)34-21(10)12-5-14(26)9-28-8-12)11(2)29-17-3-4-18(24)30-19(17)23(27)31-33/h3-9,11,29,33H,1-2H3,(H2,27,31)/t11-/m1/s1.